The van der Waals surface area contributed by atoms with Gasteiger partial charge in [-0.3, -0.25) is 0 Å². The molecule has 135 valence electrons. The second kappa shape index (κ2) is 8.59. The van der Waals surface area contributed by atoms with Crippen LogP contribution >= 0.6 is 0 Å². The molecule has 4 aromatic carbocycles. The van der Waals surface area contributed by atoms with Gasteiger partial charge in [0, 0.05) is 22.7 Å². The molecule has 3 heteroatoms. The highest BCUT2D eigenvalue weighted by atomic mass is 28.1. The summed E-state index contributed by atoms with van der Waals surface area (Å²) >= 11 is 0. The summed E-state index contributed by atoms with van der Waals surface area (Å²) in [6.45, 7) is 0. The lowest BCUT2D eigenvalue weighted by molar-refractivity contribution is 0.855. The average molecular weight is 378 g/mol. The molecule has 0 aliphatic heterocycles. The molecule has 0 amide bonds. The van der Waals surface area contributed by atoms with E-state index < -0.39 is 0 Å². The molecule has 0 aliphatic carbocycles. The third kappa shape index (κ3) is 3.85. The van der Waals surface area contributed by atoms with Gasteiger partial charge in [-0.15, -0.1) is 0 Å². The molecule has 0 N–H and O–H groups in total. The van der Waals surface area contributed by atoms with E-state index >= 15 is 0 Å². The number of hydrogen-bond donors (Lipinski definition) is 0. The number of rotatable bonds is 6. The van der Waals surface area contributed by atoms with Crippen LogP contribution in [0.15, 0.2) is 121 Å². The van der Waals surface area contributed by atoms with Crippen LogP contribution in [0.25, 0.3) is 0 Å². The van der Waals surface area contributed by atoms with E-state index in [9.17, 15) is 0 Å². The molecule has 0 aromatic heterocycles. The summed E-state index contributed by atoms with van der Waals surface area (Å²) in [5.74, 6) is -0.130. The minimum Gasteiger partial charge on any atom is -0.324 e. The standard InChI is InChI=1S/C25H21N2Si/c28-25(26(21-13-5-1-6-14-21)22-15-7-2-8-16-22)27(23-17-9-3-10-18-23)24-19-11-4-12-20-24/h1-20,25H. The van der Waals surface area contributed by atoms with Gasteiger partial charge in [-0.05, 0) is 48.5 Å². The first kappa shape index (κ1) is 18.1. The number of benzene rings is 4. The number of para-hydroxylation sites is 4. The molecule has 0 spiro atoms. The van der Waals surface area contributed by atoms with Gasteiger partial charge in [-0.2, -0.15) is 0 Å². The van der Waals surface area contributed by atoms with Gasteiger partial charge < -0.3 is 9.80 Å². The van der Waals surface area contributed by atoms with Crippen LogP contribution in [0.2, 0.25) is 0 Å². The van der Waals surface area contributed by atoms with Gasteiger partial charge in [0.1, 0.15) is 0 Å². The zero-order chi connectivity index (χ0) is 19.2. The van der Waals surface area contributed by atoms with Crippen LogP contribution in [0.4, 0.5) is 22.7 Å². The quantitative estimate of drug-likeness (QED) is 0.295. The molecule has 4 rings (SSSR count). The van der Waals surface area contributed by atoms with Gasteiger partial charge in [0.2, 0.25) is 0 Å². The van der Waals surface area contributed by atoms with Crippen molar-refractivity contribution in [2.75, 3.05) is 9.80 Å². The lowest BCUT2D eigenvalue weighted by Gasteiger charge is -2.40. The molecule has 3 radical (unpaired) electrons. The van der Waals surface area contributed by atoms with Crippen molar-refractivity contribution in [2.24, 2.45) is 0 Å². The molecule has 4 aromatic rings. The Hall–Kier alpha value is -3.30. The molecule has 0 fully saturated rings. The minimum atomic E-state index is -0.130. The summed E-state index contributed by atoms with van der Waals surface area (Å²) in [6, 6.07) is 41.8. The fourth-order valence-electron chi connectivity index (χ4n) is 3.33. The van der Waals surface area contributed by atoms with Crippen LogP contribution in [-0.2, 0) is 0 Å². The Kier molecular flexibility index (Phi) is 5.55. The highest BCUT2D eigenvalue weighted by molar-refractivity contribution is 6.16. The zero-order valence-electron chi connectivity index (χ0n) is 15.5. The van der Waals surface area contributed by atoms with Crippen molar-refractivity contribution in [3.63, 3.8) is 0 Å². The predicted molar refractivity (Wildman–Crippen MR) is 120 cm³/mol. The molecule has 0 aliphatic rings. The topological polar surface area (TPSA) is 6.48 Å². The maximum atomic E-state index is 4.07. The largest absolute Gasteiger partial charge is 0.324 e. The zero-order valence-corrected chi connectivity index (χ0v) is 16.5. The van der Waals surface area contributed by atoms with Crippen molar-refractivity contribution in [3.05, 3.63) is 121 Å². The van der Waals surface area contributed by atoms with Crippen molar-refractivity contribution in [1.82, 2.24) is 0 Å². The molecule has 0 atom stereocenters. The summed E-state index contributed by atoms with van der Waals surface area (Å²) in [7, 11) is 4.07. The monoisotopic (exact) mass is 377 g/mol. The Morgan fingerprint density at radius 2 is 0.607 bits per heavy atom. The second-order valence-corrected chi connectivity index (χ2v) is 6.97. The average Bonchev–Trinajstić information content (AvgIpc) is 2.77. The molecular weight excluding hydrogens is 356 g/mol. The first-order valence-electron chi connectivity index (χ1n) is 9.34. The van der Waals surface area contributed by atoms with Crippen LogP contribution in [0, 0.1) is 0 Å². The fourth-order valence-corrected chi connectivity index (χ4v) is 3.93. The smallest absolute Gasteiger partial charge is 0.0906 e. The molecule has 0 saturated heterocycles. The van der Waals surface area contributed by atoms with E-state index in [2.05, 4.69) is 117 Å². The van der Waals surface area contributed by atoms with E-state index in [1.165, 1.54) is 0 Å². The van der Waals surface area contributed by atoms with Crippen molar-refractivity contribution in [3.8, 4) is 0 Å². The summed E-state index contributed by atoms with van der Waals surface area (Å²) in [4.78, 5) is 4.58. The van der Waals surface area contributed by atoms with Crippen molar-refractivity contribution in [1.29, 1.82) is 0 Å². The second-order valence-electron chi connectivity index (χ2n) is 6.46. The molecule has 0 unspecified atom stereocenters. The van der Waals surface area contributed by atoms with Crippen LogP contribution in [0.1, 0.15) is 0 Å². The van der Waals surface area contributed by atoms with E-state index in [-0.39, 0.29) is 5.79 Å². The predicted octanol–water partition coefficient (Wildman–Crippen LogP) is 6.12. The number of nitrogens with zero attached hydrogens (tertiary/aromatic N) is 2. The summed E-state index contributed by atoms with van der Waals surface area (Å²) in [5, 5.41) is 0. The van der Waals surface area contributed by atoms with Gasteiger partial charge >= 0.3 is 0 Å². The fraction of sp³-hybridized carbons (Fsp3) is 0.0400. The molecule has 2 nitrogen and oxygen atoms in total. The van der Waals surface area contributed by atoms with Crippen LogP contribution in [-0.4, -0.2) is 16.0 Å². The van der Waals surface area contributed by atoms with Gasteiger partial charge in [-0.25, -0.2) is 0 Å². The Labute approximate surface area is 170 Å². The summed E-state index contributed by atoms with van der Waals surface area (Å²) in [6.07, 6.45) is 0. The van der Waals surface area contributed by atoms with Crippen LogP contribution in [0.5, 0.6) is 0 Å². The van der Waals surface area contributed by atoms with E-state index in [0.29, 0.717) is 0 Å². The van der Waals surface area contributed by atoms with Crippen molar-refractivity contribution >= 4 is 33.0 Å². The van der Waals surface area contributed by atoms with Crippen molar-refractivity contribution in [2.45, 2.75) is 5.79 Å². The van der Waals surface area contributed by atoms with Gasteiger partial charge in [-0.1, -0.05) is 72.8 Å². The maximum absolute atomic E-state index is 4.07. The summed E-state index contributed by atoms with van der Waals surface area (Å²) in [5.41, 5.74) is 4.47. The van der Waals surface area contributed by atoms with E-state index in [0.717, 1.165) is 22.7 Å². The molecular formula is C25H21N2Si. The SMILES string of the molecule is [Si]C(N(c1ccccc1)c1ccccc1)N(c1ccccc1)c1ccccc1. The Morgan fingerprint density at radius 3 is 0.821 bits per heavy atom. The Bertz CT molecular complexity index is 814. The first-order chi connectivity index (χ1) is 13.8. The maximum Gasteiger partial charge on any atom is 0.0906 e. The Balaban J connectivity index is 1.84. The number of anilines is 4. The van der Waals surface area contributed by atoms with Crippen LogP contribution < -0.4 is 9.80 Å². The normalized spacial score (nSPS) is 10.6. The van der Waals surface area contributed by atoms with Gasteiger partial charge in [0.05, 0.1) is 16.0 Å². The van der Waals surface area contributed by atoms with E-state index in [4.69, 9.17) is 0 Å². The van der Waals surface area contributed by atoms with Gasteiger partial charge in [0.25, 0.3) is 0 Å². The third-order valence-electron chi connectivity index (χ3n) is 4.63. The third-order valence-corrected chi connectivity index (χ3v) is 5.14. The molecule has 0 bridgehead atoms. The number of hydrogen-bond acceptors (Lipinski definition) is 2. The molecule has 0 saturated carbocycles. The highest BCUT2D eigenvalue weighted by Crippen LogP contribution is 2.34. The highest BCUT2D eigenvalue weighted by Gasteiger charge is 2.24. The van der Waals surface area contributed by atoms with Crippen LogP contribution in [0.3, 0.4) is 0 Å². The van der Waals surface area contributed by atoms with Gasteiger partial charge in [0.15, 0.2) is 0 Å². The summed E-state index contributed by atoms with van der Waals surface area (Å²) < 4.78 is 0. The Morgan fingerprint density at radius 1 is 0.393 bits per heavy atom. The first-order valence-corrected chi connectivity index (χ1v) is 9.92. The molecule has 28 heavy (non-hydrogen) atoms. The van der Waals surface area contributed by atoms with E-state index in [1.807, 2.05) is 24.3 Å². The minimum absolute atomic E-state index is 0.130. The molecule has 0 heterocycles. The van der Waals surface area contributed by atoms with E-state index in [1.54, 1.807) is 0 Å². The van der Waals surface area contributed by atoms with Crippen molar-refractivity contribution < 1.29 is 0 Å². The lowest BCUT2D eigenvalue weighted by atomic mass is 10.2. The lowest BCUT2D eigenvalue weighted by Crippen LogP contribution is -2.44.